The first kappa shape index (κ1) is 16.6. The van der Waals surface area contributed by atoms with Crippen LogP contribution in [-0.2, 0) is 0 Å². The van der Waals surface area contributed by atoms with Crippen molar-refractivity contribution in [3.8, 4) is 0 Å². The molecule has 0 fully saturated rings. The van der Waals surface area contributed by atoms with Gasteiger partial charge in [-0.1, -0.05) is 89.5 Å². The SMILES string of the molecule is CCCCCCCCCCC(C)c1[pH]cc2ccccc12. The first-order chi connectivity index (χ1) is 10.3. The smallest absolute Gasteiger partial charge is 0.0109 e. The average Bonchev–Trinajstić information content (AvgIpc) is 2.94. The number of hydrogen-bond acceptors (Lipinski definition) is 0. The van der Waals surface area contributed by atoms with Crippen molar-refractivity contribution in [3.05, 3.63) is 35.4 Å². The summed E-state index contributed by atoms with van der Waals surface area (Å²) in [4.78, 5) is 0. The van der Waals surface area contributed by atoms with Crippen LogP contribution in [0.3, 0.4) is 0 Å². The van der Waals surface area contributed by atoms with E-state index in [-0.39, 0.29) is 0 Å². The fraction of sp³-hybridized carbons (Fsp3) is 0.600. The Morgan fingerprint density at radius 1 is 0.905 bits per heavy atom. The van der Waals surface area contributed by atoms with Gasteiger partial charge in [0.25, 0.3) is 0 Å². The van der Waals surface area contributed by atoms with Gasteiger partial charge >= 0.3 is 0 Å². The molecule has 0 aliphatic carbocycles. The van der Waals surface area contributed by atoms with Gasteiger partial charge in [0.05, 0.1) is 0 Å². The third-order valence-electron chi connectivity index (χ3n) is 4.62. The average molecular weight is 302 g/mol. The molecule has 2 atom stereocenters. The second-order valence-corrected chi connectivity index (χ2v) is 7.57. The van der Waals surface area contributed by atoms with Gasteiger partial charge in [-0.3, -0.25) is 0 Å². The molecule has 1 heteroatoms. The van der Waals surface area contributed by atoms with E-state index in [0.717, 1.165) is 14.1 Å². The summed E-state index contributed by atoms with van der Waals surface area (Å²) in [6.45, 7) is 4.72. The van der Waals surface area contributed by atoms with Gasteiger partial charge in [-0.05, 0) is 34.2 Å². The molecule has 116 valence electrons. The number of fused-ring (bicyclic) bond motifs is 1. The van der Waals surface area contributed by atoms with E-state index in [1.807, 2.05) is 0 Å². The summed E-state index contributed by atoms with van der Waals surface area (Å²) in [6.07, 6.45) is 12.8. The van der Waals surface area contributed by atoms with Crippen molar-refractivity contribution in [2.45, 2.75) is 77.6 Å². The molecule has 0 saturated heterocycles. The van der Waals surface area contributed by atoms with Crippen LogP contribution in [0.5, 0.6) is 0 Å². The molecule has 0 saturated carbocycles. The molecule has 0 aliphatic heterocycles. The van der Waals surface area contributed by atoms with Crippen LogP contribution in [0.25, 0.3) is 10.8 Å². The molecule has 21 heavy (non-hydrogen) atoms. The molecule has 0 N–H and O–H groups in total. The molecule has 2 unspecified atom stereocenters. The monoisotopic (exact) mass is 302 g/mol. The minimum atomic E-state index is 0.767. The predicted octanol–water partition coefficient (Wildman–Crippen LogP) is 7.51. The Morgan fingerprint density at radius 2 is 1.57 bits per heavy atom. The third-order valence-corrected chi connectivity index (χ3v) is 6.15. The van der Waals surface area contributed by atoms with Crippen molar-refractivity contribution in [2.75, 3.05) is 0 Å². The highest BCUT2D eigenvalue weighted by molar-refractivity contribution is 7.31. The molecule has 1 aromatic heterocycles. The highest BCUT2D eigenvalue weighted by Gasteiger charge is 2.10. The van der Waals surface area contributed by atoms with Crippen LogP contribution in [0, 0.1) is 0 Å². The van der Waals surface area contributed by atoms with Crippen molar-refractivity contribution < 1.29 is 0 Å². The Balaban J connectivity index is 1.67. The Bertz CT molecular complexity index is 511. The Labute approximate surface area is 132 Å². The second kappa shape index (κ2) is 9.31. The van der Waals surface area contributed by atoms with Gasteiger partial charge in [0.15, 0.2) is 0 Å². The minimum absolute atomic E-state index is 0.767. The summed E-state index contributed by atoms with van der Waals surface area (Å²) < 4.78 is 0. The molecule has 0 bridgehead atoms. The topological polar surface area (TPSA) is 0 Å². The molecule has 2 aromatic rings. The van der Waals surface area contributed by atoms with Crippen LogP contribution >= 0.6 is 8.19 Å². The molecule has 0 aliphatic rings. The molecular weight excluding hydrogens is 271 g/mol. The molecule has 0 nitrogen and oxygen atoms in total. The van der Waals surface area contributed by atoms with Crippen LogP contribution in [0.4, 0.5) is 0 Å². The van der Waals surface area contributed by atoms with Crippen LogP contribution in [0.2, 0.25) is 0 Å². The zero-order valence-corrected chi connectivity index (χ0v) is 14.8. The normalized spacial score (nSPS) is 13.2. The second-order valence-electron chi connectivity index (χ2n) is 6.45. The van der Waals surface area contributed by atoms with Crippen LogP contribution in [-0.4, -0.2) is 0 Å². The molecule has 1 heterocycles. The number of unbranched alkanes of at least 4 members (excludes halogenated alkanes) is 7. The van der Waals surface area contributed by atoms with Gasteiger partial charge in [-0.25, -0.2) is 0 Å². The Hall–Kier alpha value is -0.740. The lowest BCUT2D eigenvalue weighted by Crippen LogP contribution is -1.91. The van der Waals surface area contributed by atoms with E-state index in [1.165, 1.54) is 68.6 Å². The molecule has 0 spiro atoms. The maximum absolute atomic E-state index is 2.43. The number of benzene rings is 1. The number of hydrogen-bond donors (Lipinski definition) is 0. The van der Waals surface area contributed by atoms with E-state index in [4.69, 9.17) is 0 Å². The lowest BCUT2D eigenvalue weighted by Gasteiger charge is -2.11. The zero-order valence-electron chi connectivity index (χ0n) is 13.8. The van der Waals surface area contributed by atoms with Gasteiger partial charge in [0.2, 0.25) is 0 Å². The van der Waals surface area contributed by atoms with E-state index in [9.17, 15) is 0 Å². The molecule has 1 aromatic carbocycles. The lowest BCUT2D eigenvalue weighted by molar-refractivity contribution is 0.546. The predicted molar refractivity (Wildman–Crippen MR) is 99.1 cm³/mol. The van der Waals surface area contributed by atoms with Crippen molar-refractivity contribution in [1.29, 1.82) is 0 Å². The van der Waals surface area contributed by atoms with Gasteiger partial charge in [0, 0.05) is 0 Å². The quantitative estimate of drug-likeness (QED) is 0.398. The molecular formula is C20H31P. The van der Waals surface area contributed by atoms with E-state index in [1.54, 1.807) is 5.30 Å². The lowest BCUT2D eigenvalue weighted by atomic mass is 9.98. The maximum Gasteiger partial charge on any atom is -0.0109 e. The minimum Gasteiger partial charge on any atom is -0.135 e. The van der Waals surface area contributed by atoms with Crippen LogP contribution in [0.15, 0.2) is 30.1 Å². The Kier molecular flexibility index (Phi) is 7.37. The van der Waals surface area contributed by atoms with Crippen LogP contribution < -0.4 is 0 Å². The highest BCUT2D eigenvalue weighted by atomic mass is 31.0. The third kappa shape index (κ3) is 5.19. The number of rotatable bonds is 10. The summed E-state index contributed by atoms with van der Waals surface area (Å²) in [5.41, 5.74) is 0. The first-order valence-electron chi connectivity index (χ1n) is 8.89. The summed E-state index contributed by atoms with van der Waals surface area (Å²) in [6, 6.07) is 8.92. The van der Waals surface area contributed by atoms with Gasteiger partial charge in [0.1, 0.15) is 0 Å². The van der Waals surface area contributed by atoms with Gasteiger partial charge < -0.3 is 0 Å². The van der Waals surface area contributed by atoms with E-state index < -0.39 is 0 Å². The van der Waals surface area contributed by atoms with E-state index in [0.29, 0.717) is 0 Å². The zero-order chi connectivity index (χ0) is 14.9. The van der Waals surface area contributed by atoms with Crippen molar-refractivity contribution in [1.82, 2.24) is 0 Å². The van der Waals surface area contributed by atoms with Crippen molar-refractivity contribution in [2.24, 2.45) is 0 Å². The summed E-state index contributed by atoms with van der Waals surface area (Å²) in [5, 5.41) is 4.70. The molecule has 2 rings (SSSR count). The standard InChI is InChI=1S/C20H31P/c1-3-4-5-6-7-8-9-10-13-17(2)20-19-15-12-11-14-18(19)16-21-20/h11-12,14-17,21H,3-10,13H2,1-2H3. The van der Waals surface area contributed by atoms with Crippen molar-refractivity contribution in [3.63, 3.8) is 0 Å². The first-order valence-corrected chi connectivity index (χ1v) is 9.96. The highest BCUT2D eigenvalue weighted by Crippen LogP contribution is 2.37. The van der Waals surface area contributed by atoms with E-state index >= 15 is 0 Å². The fourth-order valence-electron chi connectivity index (χ4n) is 3.24. The molecule has 0 radical (unpaired) electrons. The Morgan fingerprint density at radius 3 is 2.33 bits per heavy atom. The maximum atomic E-state index is 2.43. The molecule has 0 amide bonds. The van der Waals surface area contributed by atoms with E-state index in [2.05, 4.69) is 43.9 Å². The van der Waals surface area contributed by atoms with Crippen LogP contribution in [0.1, 0.15) is 82.8 Å². The van der Waals surface area contributed by atoms with Crippen molar-refractivity contribution >= 4 is 19.0 Å². The fourth-order valence-corrected chi connectivity index (χ4v) is 4.61. The van der Waals surface area contributed by atoms with Gasteiger partial charge in [-0.15, -0.1) is 8.19 Å². The summed E-state index contributed by atoms with van der Waals surface area (Å²) in [7, 11) is 0.921. The summed E-state index contributed by atoms with van der Waals surface area (Å²) in [5.74, 6) is 3.19. The largest absolute Gasteiger partial charge is 0.135 e. The van der Waals surface area contributed by atoms with Gasteiger partial charge in [-0.2, -0.15) is 0 Å². The summed E-state index contributed by atoms with van der Waals surface area (Å²) >= 11 is 0.